The number of para-hydroxylation sites is 2. The first-order valence-corrected chi connectivity index (χ1v) is 17.5. The molecule has 0 aliphatic heterocycles. The molecule has 0 aliphatic carbocycles. The fourth-order valence-electron chi connectivity index (χ4n) is 7.47. The largest absolute Gasteiger partial charge is 0.310 e. The lowest BCUT2D eigenvalue weighted by atomic mass is 9.85. The summed E-state index contributed by atoms with van der Waals surface area (Å²) in [5.41, 5.74) is 13.2. The minimum atomic E-state index is 1.12. The van der Waals surface area contributed by atoms with E-state index in [0.29, 0.717) is 0 Å². The number of benzene rings is 9. The summed E-state index contributed by atoms with van der Waals surface area (Å²) in [5, 5.41) is 4.99. The van der Waals surface area contributed by atoms with Crippen LogP contribution in [0.4, 0.5) is 17.1 Å². The highest BCUT2D eigenvalue weighted by Crippen LogP contribution is 2.45. The molecule has 0 amide bonds. The van der Waals surface area contributed by atoms with Gasteiger partial charge in [-0.2, -0.15) is 0 Å². The van der Waals surface area contributed by atoms with Crippen LogP contribution in [0.15, 0.2) is 212 Å². The Morgan fingerprint density at radius 3 is 0.980 bits per heavy atom. The zero-order chi connectivity index (χ0) is 34.0. The van der Waals surface area contributed by atoms with Crippen molar-refractivity contribution in [2.75, 3.05) is 4.90 Å². The van der Waals surface area contributed by atoms with Gasteiger partial charge in [-0.05, 0) is 102 Å². The fraction of sp³-hybridized carbons (Fsp3) is 0. The molecule has 0 bridgehead atoms. The molecule has 1 nitrogen and oxygen atoms in total. The molecule has 0 aliphatic rings. The van der Waals surface area contributed by atoms with Gasteiger partial charge in [-0.15, -0.1) is 0 Å². The fourth-order valence-corrected chi connectivity index (χ4v) is 7.47. The maximum atomic E-state index is 2.34. The van der Waals surface area contributed by atoms with Crippen molar-refractivity contribution in [1.29, 1.82) is 0 Å². The summed E-state index contributed by atoms with van der Waals surface area (Å²) in [6.45, 7) is 0. The van der Waals surface area contributed by atoms with Gasteiger partial charge in [-0.3, -0.25) is 0 Å². The van der Waals surface area contributed by atoms with Crippen LogP contribution in [-0.4, -0.2) is 0 Å². The molecule has 0 N–H and O–H groups in total. The van der Waals surface area contributed by atoms with Crippen molar-refractivity contribution in [3.05, 3.63) is 212 Å². The van der Waals surface area contributed by atoms with Crippen molar-refractivity contribution in [2.24, 2.45) is 0 Å². The first-order valence-electron chi connectivity index (χ1n) is 17.5. The van der Waals surface area contributed by atoms with Crippen LogP contribution in [0, 0.1) is 0 Å². The molecule has 0 unspecified atom stereocenters. The topological polar surface area (TPSA) is 3.24 Å². The number of rotatable bonds is 7. The molecular weight excluding hydrogens is 615 g/mol. The van der Waals surface area contributed by atoms with E-state index in [2.05, 4.69) is 217 Å². The van der Waals surface area contributed by atoms with E-state index in [1.165, 1.54) is 66.1 Å². The lowest BCUT2D eigenvalue weighted by molar-refractivity contribution is 1.28. The maximum absolute atomic E-state index is 2.34. The molecule has 0 heterocycles. The second-order valence-corrected chi connectivity index (χ2v) is 12.9. The van der Waals surface area contributed by atoms with E-state index in [4.69, 9.17) is 0 Å². The van der Waals surface area contributed by atoms with E-state index in [-0.39, 0.29) is 0 Å². The van der Waals surface area contributed by atoms with Gasteiger partial charge >= 0.3 is 0 Å². The van der Waals surface area contributed by atoms with E-state index >= 15 is 0 Å². The van der Waals surface area contributed by atoms with Crippen molar-refractivity contribution in [1.82, 2.24) is 0 Å². The van der Waals surface area contributed by atoms with Crippen molar-refractivity contribution in [2.45, 2.75) is 0 Å². The first kappa shape index (κ1) is 30.4. The molecule has 0 radical (unpaired) electrons. The van der Waals surface area contributed by atoms with Crippen molar-refractivity contribution < 1.29 is 0 Å². The third-order valence-corrected chi connectivity index (χ3v) is 9.85. The predicted molar refractivity (Wildman–Crippen MR) is 218 cm³/mol. The van der Waals surface area contributed by atoms with E-state index in [1.54, 1.807) is 0 Å². The Hall–Kier alpha value is -6.70. The van der Waals surface area contributed by atoms with Crippen molar-refractivity contribution in [3.8, 4) is 44.5 Å². The minimum Gasteiger partial charge on any atom is -0.310 e. The minimum absolute atomic E-state index is 1.12. The monoisotopic (exact) mass is 649 g/mol. The molecular formula is C50H35N. The molecule has 0 saturated carbocycles. The van der Waals surface area contributed by atoms with Gasteiger partial charge in [0.15, 0.2) is 0 Å². The van der Waals surface area contributed by atoms with Crippen LogP contribution >= 0.6 is 0 Å². The summed E-state index contributed by atoms with van der Waals surface area (Å²) in [5.74, 6) is 0. The second-order valence-electron chi connectivity index (χ2n) is 12.9. The summed E-state index contributed by atoms with van der Waals surface area (Å²) in [4.78, 5) is 2.33. The van der Waals surface area contributed by atoms with Gasteiger partial charge in [-0.1, -0.05) is 176 Å². The molecule has 0 aromatic heterocycles. The van der Waals surface area contributed by atoms with Gasteiger partial charge in [-0.25, -0.2) is 0 Å². The van der Waals surface area contributed by atoms with Gasteiger partial charge < -0.3 is 4.90 Å². The van der Waals surface area contributed by atoms with Gasteiger partial charge in [0.1, 0.15) is 0 Å². The first-order chi connectivity index (χ1) is 25.3. The molecule has 0 atom stereocenters. The Bertz CT molecular complexity index is 2490. The molecule has 1 heteroatoms. The van der Waals surface area contributed by atoms with Crippen molar-refractivity contribution in [3.63, 3.8) is 0 Å². The van der Waals surface area contributed by atoms with E-state index in [0.717, 1.165) is 17.1 Å². The average Bonchev–Trinajstić information content (AvgIpc) is 3.21. The molecule has 9 aromatic rings. The zero-order valence-corrected chi connectivity index (χ0v) is 28.2. The van der Waals surface area contributed by atoms with Gasteiger partial charge in [0.05, 0.1) is 0 Å². The normalized spacial score (nSPS) is 11.1. The van der Waals surface area contributed by atoms with Gasteiger partial charge in [0.2, 0.25) is 0 Å². The number of fused-ring (bicyclic) bond motifs is 2. The van der Waals surface area contributed by atoms with Crippen LogP contribution in [0.5, 0.6) is 0 Å². The third kappa shape index (κ3) is 5.75. The summed E-state index contributed by atoms with van der Waals surface area (Å²) in [7, 11) is 0. The van der Waals surface area contributed by atoms with Crippen LogP contribution in [0.3, 0.4) is 0 Å². The number of hydrogen-bond donors (Lipinski definition) is 0. The SMILES string of the molecule is c1ccc(-c2ccc(-c3ccc(-c4c5ccccc5c(-c5cccc(N(c6ccccc6)c6ccccc6)c5)c5ccccc45)cc3)cc2)cc1. The Labute approximate surface area is 299 Å². The van der Waals surface area contributed by atoms with Gasteiger partial charge in [0.25, 0.3) is 0 Å². The van der Waals surface area contributed by atoms with Crippen LogP contribution in [0.1, 0.15) is 0 Å². The number of anilines is 3. The number of nitrogens with zero attached hydrogens (tertiary/aromatic N) is 1. The summed E-state index contributed by atoms with van der Waals surface area (Å²) in [6, 6.07) is 76.5. The molecule has 9 rings (SSSR count). The highest BCUT2D eigenvalue weighted by Gasteiger charge is 2.18. The molecule has 0 spiro atoms. The van der Waals surface area contributed by atoms with E-state index in [1.807, 2.05) is 0 Å². The second kappa shape index (κ2) is 13.3. The summed E-state index contributed by atoms with van der Waals surface area (Å²) in [6.07, 6.45) is 0. The smallest absolute Gasteiger partial charge is 0.0467 e. The summed E-state index contributed by atoms with van der Waals surface area (Å²) < 4.78 is 0. The highest BCUT2D eigenvalue weighted by atomic mass is 15.1. The molecule has 0 fully saturated rings. The molecule has 51 heavy (non-hydrogen) atoms. The van der Waals surface area contributed by atoms with Crippen LogP contribution < -0.4 is 4.90 Å². The summed E-state index contributed by atoms with van der Waals surface area (Å²) >= 11 is 0. The third-order valence-electron chi connectivity index (χ3n) is 9.85. The molecule has 240 valence electrons. The lowest BCUT2D eigenvalue weighted by Gasteiger charge is -2.26. The van der Waals surface area contributed by atoms with Crippen LogP contribution in [-0.2, 0) is 0 Å². The van der Waals surface area contributed by atoms with E-state index in [9.17, 15) is 0 Å². The molecule has 9 aromatic carbocycles. The zero-order valence-electron chi connectivity index (χ0n) is 28.2. The van der Waals surface area contributed by atoms with Crippen LogP contribution in [0.25, 0.3) is 66.1 Å². The average molecular weight is 650 g/mol. The number of hydrogen-bond acceptors (Lipinski definition) is 1. The predicted octanol–water partition coefficient (Wildman–Crippen LogP) is 14.1. The lowest BCUT2D eigenvalue weighted by Crippen LogP contribution is -2.09. The quantitative estimate of drug-likeness (QED) is 0.155. The van der Waals surface area contributed by atoms with Gasteiger partial charge in [0, 0.05) is 17.1 Å². The highest BCUT2D eigenvalue weighted by molar-refractivity contribution is 6.21. The Kier molecular flexibility index (Phi) is 7.92. The Morgan fingerprint density at radius 1 is 0.216 bits per heavy atom. The van der Waals surface area contributed by atoms with E-state index < -0.39 is 0 Å². The standard InChI is InChI=1S/C50H35N/c1-4-15-36(16-5-1)37-27-29-38(30-28-37)39-31-33-40(34-32-39)49-45-23-10-12-25-47(45)50(48-26-13-11-24-46(48)49)41-17-14-22-44(35-41)51(42-18-6-2-7-19-42)43-20-8-3-9-21-43/h1-35H. The molecule has 0 saturated heterocycles. The van der Waals surface area contributed by atoms with Crippen molar-refractivity contribution >= 4 is 38.6 Å². The Morgan fingerprint density at radius 2 is 0.529 bits per heavy atom. The maximum Gasteiger partial charge on any atom is 0.0467 e. The van der Waals surface area contributed by atoms with Crippen LogP contribution in [0.2, 0.25) is 0 Å². The Balaban J connectivity index is 1.16.